The van der Waals surface area contributed by atoms with Crippen molar-refractivity contribution < 1.29 is 1.37 Å². The number of hydrogen-bond acceptors (Lipinski definition) is 4. The number of fused-ring (bicyclic) bond motifs is 20. The highest BCUT2D eigenvalue weighted by molar-refractivity contribution is 5.98. The lowest BCUT2D eigenvalue weighted by Gasteiger charge is -2.11. The van der Waals surface area contributed by atoms with Crippen molar-refractivity contribution in [2.45, 2.75) is 77.5 Å². The van der Waals surface area contributed by atoms with Crippen molar-refractivity contribution >= 4 is 111 Å². The minimum absolute atomic E-state index is 0.577. The van der Waals surface area contributed by atoms with Crippen LogP contribution in [0, 0.1) is 19.8 Å². The number of rotatable bonds is 7. The highest BCUT2D eigenvalue weighted by Gasteiger charge is 2.27. The number of hydrogen-bond donors (Lipinski definition) is 0. The summed E-state index contributed by atoms with van der Waals surface area (Å²) in [6.45, 7) is 4.26. The molecule has 0 N–H and O–H groups in total. The molecule has 2 fully saturated rings. The van der Waals surface area contributed by atoms with E-state index in [1.807, 2.05) is 0 Å². The molecular weight excluding hydrogens is 1090 g/mol. The first-order valence-electron chi connectivity index (χ1n) is 32.1. The van der Waals surface area contributed by atoms with Crippen molar-refractivity contribution in [1.82, 2.24) is 55.8 Å². The summed E-state index contributed by atoms with van der Waals surface area (Å²) in [5, 5.41) is 0. The quantitative estimate of drug-likeness (QED) is 0.159. The average Bonchev–Trinajstić information content (AvgIpc) is 1.71. The standard InChI is InChI=1S/C39H32N6.C38H30N6/c1-25-11-8-21-34-36(25)40-38-42(30-17-4-6-19-32(30)44(34)38)28-15-10-16-29(24-28)43-31-18-5-7-20-33(31)45-35-22-9-14-27(37(35)41-39(43)45)23-26-12-2-3-13-26;1-24-11-8-21-33-35(24)39-37-41(29-17-4-6-19-31(29)43(33)37)26-14-9-15-27(23-26)42-30-18-5-7-20-32(30)44-34-22-10-16-28(25-12-2-3-13-25)36(34)40-38(42)44/h4-11,14-22,24,26H,2-3,12-13,23H2,1H3;4-11,14-23,25H,2-3,12-13H2,1H3/i;25D. The first kappa shape index (κ1) is 49.4. The summed E-state index contributed by atoms with van der Waals surface area (Å²) >= 11 is 0. The van der Waals surface area contributed by atoms with Gasteiger partial charge < -0.3 is 0 Å². The Balaban J connectivity index is 0.000000130. The summed E-state index contributed by atoms with van der Waals surface area (Å²) < 4.78 is 27.7. The molecule has 430 valence electrons. The molecule has 0 saturated heterocycles. The fourth-order valence-electron chi connectivity index (χ4n) is 15.6. The molecule has 2 aliphatic carbocycles. The third kappa shape index (κ3) is 7.40. The fraction of sp³-hybridized carbons (Fsp3) is 0.169. The molecule has 0 unspecified atom stereocenters. The first-order valence-corrected chi connectivity index (χ1v) is 31.6. The molecule has 0 spiro atoms. The maximum absolute atomic E-state index is 9.34. The third-order valence-corrected chi connectivity index (χ3v) is 19.7. The Hall–Kier alpha value is -10.7. The zero-order valence-corrected chi connectivity index (χ0v) is 49.6. The molecule has 89 heavy (non-hydrogen) atoms. The van der Waals surface area contributed by atoms with Crippen LogP contribution in [0.3, 0.4) is 0 Å². The maximum atomic E-state index is 9.34. The van der Waals surface area contributed by atoms with Gasteiger partial charge in [-0.2, -0.15) is 0 Å². The van der Waals surface area contributed by atoms with Crippen molar-refractivity contribution in [3.63, 3.8) is 0 Å². The molecule has 8 heterocycles. The van der Waals surface area contributed by atoms with Gasteiger partial charge in [0.1, 0.15) is 0 Å². The predicted octanol–water partition coefficient (Wildman–Crippen LogP) is 18.4. The van der Waals surface area contributed by atoms with Crippen LogP contribution < -0.4 is 0 Å². The Morgan fingerprint density at radius 1 is 0.326 bits per heavy atom. The number of para-hydroxylation sites is 12. The van der Waals surface area contributed by atoms with Gasteiger partial charge in [0.25, 0.3) is 0 Å². The van der Waals surface area contributed by atoms with Gasteiger partial charge in [0, 0.05) is 1.37 Å². The van der Waals surface area contributed by atoms with E-state index in [9.17, 15) is 1.37 Å². The van der Waals surface area contributed by atoms with E-state index in [1.165, 1.54) is 53.4 Å². The second-order valence-electron chi connectivity index (χ2n) is 24.8. The van der Waals surface area contributed by atoms with Gasteiger partial charge in [-0.15, -0.1) is 0 Å². The van der Waals surface area contributed by atoms with Crippen molar-refractivity contribution in [3.8, 4) is 22.7 Å². The van der Waals surface area contributed by atoms with E-state index in [1.54, 1.807) is 0 Å². The number of aryl methyl sites for hydroxylation is 2. The molecule has 20 rings (SSSR count). The average molecular weight is 1160 g/mol. The summed E-state index contributed by atoms with van der Waals surface area (Å²) in [6.07, 6.45) is 10.5. The van der Waals surface area contributed by atoms with Gasteiger partial charge in [0.2, 0.25) is 23.1 Å². The van der Waals surface area contributed by atoms with E-state index in [0.29, 0.717) is 0 Å². The molecule has 8 aromatic heterocycles. The Kier molecular flexibility index (Phi) is 10.8. The van der Waals surface area contributed by atoms with Crippen LogP contribution in [0.1, 0.15) is 80.9 Å². The predicted molar refractivity (Wildman–Crippen MR) is 362 cm³/mol. The van der Waals surface area contributed by atoms with Crippen molar-refractivity contribution in [2.75, 3.05) is 0 Å². The highest BCUT2D eigenvalue weighted by Crippen LogP contribution is 2.41. The molecule has 0 aliphatic heterocycles. The van der Waals surface area contributed by atoms with Crippen molar-refractivity contribution in [1.29, 1.82) is 0 Å². The largest absolute Gasteiger partial charge is 0.278 e. The van der Waals surface area contributed by atoms with Gasteiger partial charge in [0.05, 0.1) is 111 Å². The molecule has 0 atom stereocenters. The Labute approximate surface area is 512 Å². The van der Waals surface area contributed by atoms with Crippen LogP contribution in [-0.2, 0) is 6.42 Å². The number of nitrogens with zero attached hydrogens (tertiary/aromatic N) is 12. The lowest BCUT2D eigenvalue weighted by atomic mass is 9.96. The summed E-state index contributed by atoms with van der Waals surface area (Å²) in [5.41, 5.74) is 26.6. The normalized spacial score (nSPS) is 15.0. The molecule has 0 bridgehead atoms. The molecule has 0 amide bonds. The molecule has 2 saturated carbocycles. The van der Waals surface area contributed by atoms with Gasteiger partial charge in [-0.3, -0.25) is 35.9 Å². The zero-order chi connectivity index (χ0) is 59.5. The van der Waals surface area contributed by atoms with Crippen molar-refractivity contribution in [2.24, 2.45) is 5.92 Å². The van der Waals surface area contributed by atoms with Crippen LogP contribution in [0.2, 0.25) is 0 Å². The lowest BCUT2D eigenvalue weighted by molar-refractivity contribution is 0.548. The summed E-state index contributed by atoms with van der Waals surface area (Å²) in [7, 11) is 0. The fourth-order valence-corrected chi connectivity index (χ4v) is 15.6. The summed E-state index contributed by atoms with van der Waals surface area (Å²) in [5.74, 6) is 3.82. The Morgan fingerprint density at radius 3 is 1.07 bits per heavy atom. The molecule has 12 nitrogen and oxygen atoms in total. The van der Waals surface area contributed by atoms with Crippen LogP contribution in [0.4, 0.5) is 0 Å². The van der Waals surface area contributed by atoms with Gasteiger partial charge in [-0.1, -0.05) is 148 Å². The third-order valence-electron chi connectivity index (χ3n) is 19.7. The monoisotopic (exact) mass is 1160 g/mol. The topological polar surface area (TPSA) is 88.9 Å². The van der Waals surface area contributed by atoms with E-state index < -0.39 is 5.89 Å². The number of benzene rings is 10. The van der Waals surface area contributed by atoms with Crippen LogP contribution >= 0.6 is 0 Å². The number of aromatic nitrogens is 12. The molecule has 12 heteroatoms. The lowest BCUT2D eigenvalue weighted by Crippen LogP contribution is -2.00. The Bertz CT molecular complexity index is 5980. The SMILES string of the molecule is Cc1cccc2c1nc1n(-c3cccc(-n4c5ccccc5n5c6cccc(CC7CCCC7)c6nc45)c3)c3ccccc3n21.[2H]C1(c2cccc3c2nc2n(-c4cccc(-n5c6ccccc6n6c7cccc(C)c7nc56)c4)c4ccccc4n32)CCCC1. The van der Waals surface area contributed by atoms with E-state index in [4.69, 9.17) is 19.9 Å². The van der Waals surface area contributed by atoms with Gasteiger partial charge in [-0.05, 0) is 176 Å². The molecule has 18 aromatic rings. The minimum atomic E-state index is -0.577. The van der Waals surface area contributed by atoms with E-state index in [-0.39, 0.29) is 0 Å². The van der Waals surface area contributed by atoms with Crippen molar-refractivity contribution in [3.05, 3.63) is 241 Å². The van der Waals surface area contributed by atoms with Crippen LogP contribution in [0.15, 0.2) is 218 Å². The second-order valence-corrected chi connectivity index (χ2v) is 24.8. The summed E-state index contributed by atoms with van der Waals surface area (Å²) in [4.78, 5) is 21.1. The molecule has 10 aromatic carbocycles. The maximum Gasteiger partial charge on any atom is 0.220 e. The van der Waals surface area contributed by atoms with E-state index >= 15 is 0 Å². The van der Waals surface area contributed by atoms with Gasteiger partial charge >= 0.3 is 0 Å². The van der Waals surface area contributed by atoms with Gasteiger partial charge in [-0.25, -0.2) is 19.9 Å². The molecule has 0 radical (unpaired) electrons. The van der Waals surface area contributed by atoms with E-state index in [0.717, 1.165) is 167 Å². The minimum Gasteiger partial charge on any atom is -0.278 e. The van der Waals surface area contributed by atoms with Crippen LogP contribution in [0.25, 0.3) is 134 Å². The second kappa shape index (κ2) is 19.4. The highest BCUT2D eigenvalue weighted by atomic mass is 15.2. The Morgan fingerprint density at radius 2 is 0.640 bits per heavy atom. The van der Waals surface area contributed by atoms with E-state index in [2.05, 4.69) is 268 Å². The van der Waals surface area contributed by atoms with Crippen LogP contribution in [0.5, 0.6) is 0 Å². The summed E-state index contributed by atoms with van der Waals surface area (Å²) in [6, 6.07) is 77.8. The van der Waals surface area contributed by atoms with Crippen LogP contribution in [-0.4, -0.2) is 55.8 Å². The first-order chi connectivity index (χ1) is 44.3. The molecule has 2 aliphatic rings. The number of imidazole rings is 8. The zero-order valence-electron chi connectivity index (χ0n) is 50.6. The smallest absolute Gasteiger partial charge is 0.220 e. The molecular formula is C77H62N12. The van der Waals surface area contributed by atoms with Gasteiger partial charge in [0.15, 0.2) is 0 Å².